The van der Waals surface area contributed by atoms with Crippen molar-refractivity contribution in [1.82, 2.24) is 50.7 Å². The van der Waals surface area contributed by atoms with Gasteiger partial charge in [0.1, 0.15) is 22.9 Å². The number of amides is 4. The molecule has 5 aromatic rings. The molecule has 7 rings (SSSR count). The number of urea groups is 1. The van der Waals surface area contributed by atoms with Gasteiger partial charge in [0.05, 0.1) is 13.1 Å². The average Bonchev–Trinajstić information content (AvgIpc) is 3.88. The van der Waals surface area contributed by atoms with Gasteiger partial charge >= 0.3 is 12.2 Å². The van der Waals surface area contributed by atoms with Crippen molar-refractivity contribution in [2.45, 2.75) is 70.3 Å². The van der Waals surface area contributed by atoms with Crippen molar-refractivity contribution in [2.75, 3.05) is 19.6 Å². The molecule has 0 aliphatic carbocycles. The fourth-order valence-corrected chi connectivity index (χ4v) is 6.58. The van der Waals surface area contributed by atoms with Gasteiger partial charge in [-0.3, -0.25) is 24.9 Å². The highest BCUT2D eigenvalue weighted by molar-refractivity contribution is 5.96. The van der Waals surface area contributed by atoms with Gasteiger partial charge in [0, 0.05) is 49.1 Å². The molecule has 2 saturated heterocycles. The maximum atomic E-state index is 15.2. The molecule has 0 radical (unpaired) electrons. The molecule has 3 N–H and O–H groups in total. The quantitative estimate of drug-likeness (QED) is 0.139. The third-order valence-electron chi connectivity index (χ3n) is 10.2. The predicted molar refractivity (Wildman–Crippen MR) is 192 cm³/mol. The van der Waals surface area contributed by atoms with Crippen molar-refractivity contribution in [3.05, 3.63) is 101 Å². The first-order valence-corrected chi connectivity index (χ1v) is 18.1. The first kappa shape index (κ1) is 39.1. The predicted octanol–water partition coefficient (Wildman–Crippen LogP) is 5.79. The zero-order valence-electron chi connectivity index (χ0n) is 30.8. The Bertz CT molecular complexity index is 2270. The van der Waals surface area contributed by atoms with E-state index in [4.69, 9.17) is 4.52 Å². The number of carbonyl (C=O) groups excluding carboxylic acids is 3. The van der Waals surface area contributed by atoms with Gasteiger partial charge in [-0.05, 0) is 74.5 Å². The third-order valence-corrected chi connectivity index (χ3v) is 10.2. The Morgan fingerprint density at radius 3 is 2.35 bits per heavy atom. The van der Waals surface area contributed by atoms with E-state index in [9.17, 15) is 27.6 Å². The molecule has 0 spiro atoms. The lowest BCUT2D eigenvalue weighted by Gasteiger charge is -2.32. The van der Waals surface area contributed by atoms with Crippen molar-refractivity contribution >= 4 is 17.8 Å². The molecule has 298 valence electrons. The third kappa shape index (κ3) is 8.67. The number of benzene rings is 2. The number of piperidine rings is 1. The molecule has 2 aliphatic heterocycles. The van der Waals surface area contributed by atoms with Gasteiger partial charge in [0.25, 0.3) is 5.91 Å². The number of likely N-dealkylation sites (tertiary alicyclic amines) is 1. The van der Waals surface area contributed by atoms with E-state index in [0.717, 1.165) is 36.6 Å². The molecule has 5 heterocycles. The van der Waals surface area contributed by atoms with Crippen LogP contribution in [0, 0.1) is 11.6 Å². The molecule has 2 fully saturated rings. The number of hydrogen-bond donors (Lipinski definition) is 3. The summed E-state index contributed by atoms with van der Waals surface area (Å²) in [5.41, 5.74) is 0.999. The van der Waals surface area contributed by atoms with Crippen LogP contribution in [0.3, 0.4) is 0 Å². The number of aromatic amines is 1. The highest BCUT2D eigenvalue weighted by atomic mass is 19.4. The SMILES string of the molecule is CC(C)(c1n[nH]c(CNC(=O)c2cc(-c3ncc(-c4ccc(CN5CCC(c6cc(F)c(CN7CCC(=O)NC7=O)cc6F)CC5)cc4)cn3)no2)n1)C(F)(F)F. The van der Waals surface area contributed by atoms with Gasteiger partial charge in [-0.1, -0.05) is 29.4 Å². The Balaban J connectivity index is 0.887. The molecule has 4 amide bonds. The van der Waals surface area contributed by atoms with E-state index in [0.29, 0.717) is 38.0 Å². The molecule has 57 heavy (non-hydrogen) atoms. The van der Waals surface area contributed by atoms with Crippen molar-refractivity contribution in [1.29, 1.82) is 0 Å². The number of alkyl halides is 3. The van der Waals surface area contributed by atoms with Crippen LogP contribution < -0.4 is 10.6 Å². The van der Waals surface area contributed by atoms with Gasteiger partial charge in [0.15, 0.2) is 17.3 Å². The molecular weight excluding hydrogens is 755 g/mol. The van der Waals surface area contributed by atoms with Crippen LogP contribution in [0.1, 0.15) is 77.9 Å². The average molecular weight is 793 g/mol. The van der Waals surface area contributed by atoms with E-state index in [1.54, 1.807) is 12.4 Å². The maximum absolute atomic E-state index is 15.2. The van der Waals surface area contributed by atoms with Gasteiger partial charge in [-0.25, -0.2) is 28.5 Å². The smallest absolute Gasteiger partial charge is 0.350 e. The molecule has 19 heteroatoms. The minimum Gasteiger partial charge on any atom is -0.350 e. The zero-order chi connectivity index (χ0) is 40.5. The lowest BCUT2D eigenvalue weighted by Crippen LogP contribution is -2.48. The Morgan fingerprint density at radius 1 is 0.947 bits per heavy atom. The van der Waals surface area contributed by atoms with E-state index in [-0.39, 0.29) is 60.6 Å². The Kier molecular flexibility index (Phi) is 10.8. The van der Waals surface area contributed by atoms with Gasteiger partial charge in [-0.15, -0.1) is 0 Å². The van der Waals surface area contributed by atoms with Crippen molar-refractivity contribution < 1.29 is 40.9 Å². The molecular formula is C38H37F5N10O4. The first-order valence-electron chi connectivity index (χ1n) is 18.1. The second-order valence-electron chi connectivity index (χ2n) is 14.5. The number of carbonyl (C=O) groups is 3. The van der Waals surface area contributed by atoms with Gasteiger partial charge in [-0.2, -0.15) is 18.3 Å². The van der Waals surface area contributed by atoms with Crippen molar-refractivity contribution in [3.8, 4) is 22.6 Å². The molecule has 14 nitrogen and oxygen atoms in total. The number of imide groups is 1. The highest BCUT2D eigenvalue weighted by Gasteiger charge is 2.51. The molecule has 0 atom stereocenters. The lowest BCUT2D eigenvalue weighted by atomic mass is 9.88. The molecule has 2 aliphatic rings. The van der Waals surface area contributed by atoms with Gasteiger partial charge in [0.2, 0.25) is 11.7 Å². The highest BCUT2D eigenvalue weighted by Crippen LogP contribution is 2.38. The van der Waals surface area contributed by atoms with E-state index in [1.807, 2.05) is 24.3 Å². The van der Waals surface area contributed by atoms with E-state index in [2.05, 4.69) is 45.8 Å². The Hall–Kier alpha value is -6.11. The molecule has 3 aromatic heterocycles. The van der Waals surface area contributed by atoms with Crippen LogP contribution in [0.5, 0.6) is 0 Å². The van der Waals surface area contributed by atoms with E-state index >= 15 is 8.78 Å². The van der Waals surface area contributed by atoms with Gasteiger partial charge < -0.3 is 14.7 Å². The monoisotopic (exact) mass is 792 g/mol. The number of halogens is 5. The number of aromatic nitrogens is 6. The van der Waals surface area contributed by atoms with Crippen LogP contribution in [0.25, 0.3) is 22.6 Å². The summed E-state index contributed by atoms with van der Waals surface area (Å²) in [6, 6.07) is 11.0. The van der Waals surface area contributed by atoms with Crippen LogP contribution in [-0.4, -0.2) is 83.8 Å². The topological polar surface area (TPSA) is 175 Å². The second kappa shape index (κ2) is 15.8. The number of nitrogens with zero attached hydrogens (tertiary/aromatic N) is 7. The van der Waals surface area contributed by atoms with Crippen LogP contribution in [-0.2, 0) is 29.8 Å². The Morgan fingerprint density at radius 2 is 1.67 bits per heavy atom. The number of H-pyrrole nitrogens is 1. The second-order valence-corrected chi connectivity index (χ2v) is 14.5. The first-order chi connectivity index (χ1) is 27.1. The number of hydrogen-bond acceptors (Lipinski definition) is 10. The largest absolute Gasteiger partial charge is 0.401 e. The Labute approximate surface area is 322 Å². The fourth-order valence-electron chi connectivity index (χ4n) is 6.58. The van der Waals surface area contributed by atoms with Crippen LogP contribution in [0.4, 0.5) is 26.7 Å². The van der Waals surface area contributed by atoms with Crippen LogP contribution in [0.15, 0.2) is 59.4 Å². The maximum Gasteiger partial charge on any atom is 0.401 e. The van der Waals surface area contributed by atoms with Crippen molar-refractivity contribution in [2.24, 2.45) is 0 Å². The van der Waals surface area contributed by atoms with E-state index in [1.165, 1.54) is 17.0 Å². The molecule has 0 bridgehead atoms. The minimum atomic E-state index is -4.56. The molecule has 2 aromatic carbocycles. The lowest BCUT2D eigenvalue weighted by molar-refractivity contribution is -0.182. The molecule has 0 unspecified atom stereocenters. The molecule has 0 saturated carbocycles. The van der Waals surface area contributed by atoms with Crippen LogP contribution >= 0.6 is 0 Å². The summed E-state index contributed by atoms with van der Waals surface area (Å²) in [4.78, 5) is 52.2. The summed E-state index contributed by atoms with van der Waals surface area (Å²) in [7, 11) is 0. The minimum absolute atomic E-state index is 0.0309. The standard InChI is InChI=1S/C38H37F5N10O4/c1-37(2,38(41,42)43)35-47-31(49-50-35)18-46-34(55)30-15-29(51-57-30)33-44-16-25(17-45-33)22-5-3-21(4-6-22)19-52-10-7-23(8-11-52)26-14-27(39)24(13-28(26)40)20-53-12-9-32(54)48-36(53)56/h3-6,13-17,23H,7-12,18-20H2,1-2H3,(H,46,55)(H,47,49,50)(H,48,54,56). The summed E-state index contributed by atoms with van der Waals surface area (Å²) in [5.74, 6) is -2.67. The summed E-state index contributed by atoms with van der Waals surface area (Å²) >= 11 is 0. The van der Waals surface area contributed by atoms with Crippen LogP contribution in [0.2, 0.25) is 0 Å². The number of nitrogens with one attached hydrogen (secondary N) is 3. The van der Waals surface area contributed by atoms with Crippen molar-refractivity contribution in [3.63, 3.8) is 0 Å². The summed E-state index contributed by atoms with van der Waals surface area (Å²) in [5, 5.41) is 14.6. The van der Waals surface area contributed by atoms with E-state index < -0.39 is 46.9 Å². The summed E-state index contributed by atoms with van der Waals surface area (Å²) < 4.78 is 75.3. The zero-order valence-corrected chi connectivity index (χ0v) is 30.8. The normalized spacial score (nSPS) is 15.9. The number of rotatable bonds is 11. The summed E-state index contributed by atoms with van der Waals surface area (Å²) in [6.07, 6.45) is 0.0855. The fraction of sp³-hybridized carbons (Fsp3) is 0.368. The summed E-state index contributed by atoms with van der Waals surface area (Å²) in [6.45, 7) is 3.79.